The third-order valence-corrected chi connectivity index (χ3v) is 7.30. The molecule has 4 aliphatic rings. The lowest BCUT2D eigenvalue weighted by Crippen LogP contribution is -2.44. The fourth-order valence-electron chi connectivity index (χ4n) is 6.17. The lowest BCUT2D eigenvalue weighted by Gasteiger charge is -2.36. The van der Waals surface area contributed by atoms with E-state index >= 15 is 0 Å². The molecule has 5 atom stereocenters. The number of nitrogens with zero attached hydrogens (tertiary/aromatic N) is 2. The van der Waals surface area contributed by atoms with E-state index in [1.54, 1.807) is 0 Å². The average Bonchev–Trinajstić information content (AvgIpc) is 3.37. The Bertz CT molecular complexity index is 641. The minimum absolute atomic E-state index is 0.583. The molecule has 4 fully saturated rings. The number of oxime groups is 1. The van der Waals surface area contributed by atoms with Crippen LogP contribution in [0.2, 0.25) is 0 Å². The van der Waals surface area contributed by atoms with Gasteiger partial charge in [-0.1, -0.05) is 41.9 Å². The second-order valence-corrected chi connectivity index (χ2v) is 8.56. The molecule has 1 aromatic rings. The van der Waals surface area contributed by atoms with Gasteiger partial charge in [-0.05, 0) is 42.6 Å². The van der Waals surface area contributed by atoms with Crippen LogP contribution in [0.4, 0.5) is 0 Å². The van der Waals surface area contributed by atoms with E-state index in [1.807, 2.05) is 6.07 Å². The van der Waals surface area contributed by atoms with Gasteiger partial charge < -0.3 is 9.57 Å². The van der Waals surface area contributed by atoms with Crippen molar-refractivity contribution in [2.45, 2.75) is 32.3 Å². The summed E-state index contributed by atoms with van der Waals surface area (Å²) in [5.41, 5.74) is 2.59. The molecule has 0 spiro atoms. The fraction of sp³-hybridized carbons (Fsp3) is 0.682. The van der Waals surface area contributed by atoms with Gasteiger partial charge in [0.15, 0.2) is 0 Å². The van der Waals surface area contributed by atoms with Crippen LogP contribution in [0.15, 0.2) is 35.5 Å². The number of ether oxygens (including phenoxy) is 1. The molecule has 2 bridgehead atoms. The predicted octanol–water partition coefficient (Wildman–Crippen LogP) is 3.57. The normalized spacial score (nSPS) is 38.0. The first kappa shape index (κ1) is 16.8. The Morgan fingerprint density at radius 2 is 1.85 bits per heavy atom. The van der Waals surface area contributed by atoms with Crippen LogP contribution in [0.1, 0.15) is 31.2 Å². The van der Waals surface area contributed by atoms with Gasteiger partial charge in [0, 0.05) is 31.5 Å². The maximum Gasteiger partial charge on any atom is 0.142 e. The van der Waals surface area contributed by atoms with E-state index in [-0.39, 0.29) is 0 Å². The van der Waals surface area contributed by atoms with Crippen molar-refractivity contribution in [1.29, 1.82) is 0 Å². The van der Waals surface area contributed by atoms with Gasteiger partial charge in [-0.15, -0.1) is 0 Å². The van der Waals surface area contributed by atoms with Crippen molar-refractivity contribution < 1.29 is 9.57 Å². The Hall–Kier alpha value is -1.39. The highest BCUT2D eigenvalue weighted by atomic mass is 16.6. The van der Waals surface area contributed by atoms with Crippen LogP contribution >= 0.6 is 0 Å². The maximum atomic E-state index is 5.87. The van der Waals surface area contributed by atoms with Crippen molar-refractivity contribution in [2.75, 3.05) is 32.8 Å². The van der Waals surface area contributed by atoms with Crippen molar-refractivity contribution in [2.24, 2.45) is 34.7 Å². The van der Waals surface area contributed by atoms with Crippen molar-refractivity contribution >= 4 is 5.71 Å². The Balaban J connectivity index is 1.31. The van der Waals surface area contributed by atoms with E-state index in [0.717, 1.165) is 50.6 Å². The van der Waals surface area contributed by atoms with Crippen molar-refractivity contribution in [1.82, 2.24) is 4.90 Å². The second kappa shape index (κ2) is 7.32. The topological polar surface area (TPSA) is 34.1 Å². The molecule has 1 heterocycles. The zero-order valence-electron chi connectivity index (χ0n) is 15.6. The summed E-state index contributed by atoms with van der Waals surface area (Å²) >= 11 is 0. The molecule has 0 N–H and O–H groups in total. The zero-order chi connectivity index (χ0) is 17.3. The highest BCUT2D eigenvalue weighted by molar-refractivity contribution is 5.92. The number of rotatable bonds is 5. The first-order chi connectivity index (χ1) is 12.9. The van der Waals surface area contributed by atoms with Gasteiger partial charge in [0.05, 0.1) is 18.9 Å². The standard InChI is InChI=1S/C22H30N2O2/c1-2-5-16(6-3-1)15-26-23-22-20-13-19(17-7-4-8-18(17)20)21(22)14-24-9-11-25-12-10-24/h1-3,5-6,17-21H,4,7-15H2/b23-22-/t17-,18+,19-,20+,21-/m1/s1. The molecule has 1 saturated heterocycles. The zero-order valence-corrected chi connectivity index (χ0v) is 15.6. The molecule has 4 nitrogen and oxygen atoms in total. The van der Waals surface area contributed by atoms with Gasteiger partial charge in [-0.2, -0.15) is 0 Å². The molecule has 3 aliphatic carbocycles. The van der Waals surface area contributed by atoms with E-state index < -0.39 is 0 Å². The number of fused-ring (bicyclic) bond motifs is 5. The Labute approximate surface area is 156 Å². The SMILES string of the molecule is c1ccc(CO/N=C2/[C@H]3C[C@H]([C@@H]4CCC[C@@H]43)[C@H]2CN2CCOCC2)cc1. The van der Waals surface area contributed by atoms with E-state index in [4.69, 9.17) is 14.7 Å². The molecule has 4 heteroatoms. The summed E-state index contributed by atoms with van der Waals surface area (Å²) in [6.07, 6.45) is 5.64. The molecule has 0 radical (unpaired) electrons. The number of hydrogen-bond donors (Lipinski definition) is 0. The Morgan fingerprint density at radius 1 is 1.04 bits per heavy atom. The molecule has 1 aromatic carbocycles. The number of hydrogen-bond acceptors (Lipinski definition) is 4. The summed E-state index contributed by atoms with van der Waals surface area (Å²) in [5, 5.41) is 4.77. The highest BCUT2D eigenvalue weighted by Crippen LogP contribution is 2.59. The molecule has 26 heavy (non-hydrogen) atoms. The quantitative estimate of drug-likeness (QED) is 0.758. The molecule has 1 aliphatic heterocycles. The number of morpholine rings is 1. The van der Waals surface area contributed by atoms with Gasteiger partial charge in [0.2, 0.25) is 0 Å². The first-order valence-corrected chi connectivity index (χ1v) is 10.4. The van der Waals surface area contributed by atoms with E-state index in [9.17, 15) is 0 Å². The van der Waals surface area contributed by atoms with Gasteiger partial charge in [-0.3, -0.25) is 4.90 Å². The van der Waals surface area contributed by atoms with Crippen LogP contribution in [0.3, 0.4) is 0 Å². The second-order valence-electron chi connectivity index (χ2n) is 8.56. The summed E-state index contributed by atoms with van der Waals surface area (Å²) in [7, 11) is 0. The van der Waals surface area contributed by atoms with Gasteiger partial charge in [0.1, 0.15) is 6.61 Å². The highest BCUT2D eigenvalue weighted by Gasteiger charge is 2.57. The number of benzene rings is 1. The van der Waals surface area contributed by atoms with Crippen molar-refractivity contribution in [3.63, 3.8) is 0 Å². The molecule has 5 rings (SSSR count). The van der Waals surface area contributed by atoms with Crippen molar-refractivity contribution in [3.8, 4) is 0 Å². The average molecular weight is 354 g/mol. The van der Waals surface area contributed by atoms with E-state index in [0.29, 0.717) is 18.4 Å². The van der Waals surface area contributed by atoms with Crippen LogP contribution in [0.5, 0.6) is 0 Å². The smallest absolute Gasteiger partial charge is 0.142 e. The third-order valence-electron chi connectivity index (χ3n) is 7.30. The Morgan fingerprint density at radius 3 is 2.69 bits per heavy atom. The maximum absolute atomic E-state index is 5.87. The van der Waals surface area contributed by atoms with Crippen molar-refractivity contribution in [3.05, 3.63) is 35.9 Å². The Kier molecular flexibility index (Phi) is 4.72. The summed E-state index contributed by atoms with van der Waals surface area (Å²) < 4.78 is 5.54. The molecular weight excluding hydrogens is 324 g/mol. The van der Waals surface area contributed by atoms with E-state index in [1.165, 1.54) is 37.0 Å². The lowest BCUT2D eigenvalue weighted by atomic mass is 9.74. The lowest BCUT2D eigenvalue weighted by molar-refractivity contribution is 0.0290. The summed E-state index contributed by atoms with van der Waals surface area (Å²) in [6, 6.07) is 10.4. The first-order valence-electron chi connectivity index (χ1n) is 10.4. The summed E-state index contributed by atoms with van der Waals surface area (Å²) in [4.78, 5) is 8.46. The molecular formula is C22H30N2O2. The van der Waals surface area contributed by atoms with Crippen LogP contribution in [-0.2, 0) is 16.2 Å². The summed E-state index contributed by atoms with van der Waals surface area (Å²) in [5.74, 6) is 3.98. The van der Waals surface area contributed by atoms with Gasteiger partial charge in [-0.25, -0.2) is 0 Å². The minimum atomic E-state index is 0.583. The minimum Gasteiger partial charge on any atom is -0.391 e. The molecule has 0 unspecified atom stereocenters. The predicted molar refractivity (Wildman–Crippen MR) is 102 cm³/mol. The van der Waals surface area contributed by atoms with Crippen LogP contribution in [-0.4, -0.2) is 43.5 Å². The van der Waals surface area contributed by atoms with Crippen LogP contribution < -0.4 is 0 Å². The fourth-order valence-corrected chi connectivity index (χ4v) is 6.17. The molecule has 3 saturated carbocycles. The summed E-state index contributed by atoms with van der Waals surface area (Å²) in [6.45, 7) is 5.63. The molecule has 0 aromatic heterocycles. The monoisotopic (exact) mass is 354 g/mol. The van der Waals surface area contributed by atoms with Gasteiger partial charge >= 0.3 is 0 Å². The van der Waals surface area contributed by atoms with E-state index in [2.05, 4.69) is 29.2 Å². The van der Waals surface area contributed by atoms with Crippen LogP contribution in [0, 0.1) is 29.6 Å². The van der Waals surface area contributed by atoms with Crippen LogP contribution in [0.25, 0.3) is 0 Å². The third kappa shape index (κ3) is 3.07. The molecule has 0 amide bonds. The molecule has 140 valence electrons. The largest absolute Gasteiger partial charge is 0.391 e. The van der Waals surface area contributed by atoms with Gasteiger partial charge in [0.25, 0.3) is 0 Å².